The average Bonchev–Trinajstić information content (AvgIpc) is 2.59. The summed E-state index contributed by atoms with van der Waals surface area (Å²) in [5.41, 5.74) is 1.27. The third-order valence-corrected chi connectivity index (χ3v) is 4.48. The number of methoxy groups -OCH3 is 1. The SMILES string of the molecule is COCCN1CCC(NC(=O)COc2ccc(C(C)C)cc2)CC1. The first kappa shape index (κ1) is 18.7. The lowest BCUT2D eigenvalue weighted by molar-refractivity contribution is -0.124. The third kappa shape index (κ3) is 6.13. The van der Waals surface area contributed by atoms with Crippen LogP contribution < -0.4 is 10.1 Å². The number of ether oxygens (including phenoxy) is 2. The zero-order valence-corrected chi connectivity index (χ0v) is 15.1. The molecule has 2 rings (SSSR count). The highest BCUT2D eigenvalue weighted by molar-refractivity contribution is 5.77. The van der Waals surface area contributed by atoms with Crippen LogP contribution in [0.25, 0.3) is 0 Å². The van der Waals surface area contributed by atoms with Gasteiger partial charge in [-0.3, -0.25) is 4.79 Å². The molecule has 0 spiro atoms. The summed E-state index contributed by atoms with van der Waals surface area (Å²) in [5, 5.41) is 3.07. The maximum absolute atomic E-state index is 12.0. The van der Waals surface area contributed by atoms with Crippen molar-refractivity contribution < 1.29 is 14.3 Å². The van der Waals surface area contributed by atoms with Crippen molar-refractivity contribution >= 4 is 5.91 Å². The molecular weight excluding hydrogens is 304 g/mol. The first-order valence-electron chi connectivity index (χ1n) is 8.82. The quantitative estimate of drug-likeness (QED) is 0.793. The van der Waals surface area contributed by atoms with Gasteiger partial charge >= 0.3 is 0 Å². The van der Waals surface area contributed by atoms with Crippen LogP contribution in [0, 0.1) is 0 Å². The number of piperidine rings is 1. The van der Waals surface area contributed by atoms with Gasteiger partial charge in [-0.05, 0) is 36.5 Å². The van der Waals surface area contributed by atoms with E-state index in [0.717, 1.165) is 44.8 Å². The number of carbonyl (C=O) groups excluding carboxylic acids is 1. The zero-order chi connectivity index (χ0) is 17.4. The Balaban J connectivity index is 1.66. The van der Waals surface area contributed by atoms with Crippen LogP contribution in [0.5, 0.6) is 5.75 Å². The van der Waals surface area contributed by atoms with E-state index >= 15 is 0 Å². The summed E-state index contributed by atoms with van der Waals surface area (Å²) in [6.07, 6.45) is 1.97. The Morgan fingerprint density at radius 1 is 1.25 bits per heavy atom. The van der Waals surface area contributed by atoms with E-state index in [4.69, 9.17) is 9.47 Å². The van der Waals surface area contributed by atoms with E-state index < -0.39 is 0 Å². The van der Waals surface area contributed by atoms with Crippen molar-refractivity contribution in [2.24, 2.45) is 0 Å². The molecule has 1 aromatic rings. The van der Waals surface area contributed by atoms with Crippen molar-refractivity contribution in [2.75, 3.05) is 40.0 Å². The minimum Gasteiger partial charge on any atom is -0.484 e. The molecule has 5 nitrogen and oxygen atoms in total. The molecule has 0 atom stereocenters. The molecule has 1 aromatic carbocycles. The van der Waals surface area contributed by atoms with Crippen LogP contribution in [0.4, 0.5) is 0 Å². The van der Waals surface area contributed by atoms with Gasteiger partial charge in [0.05, 0.1) is 6.61 Å². The highest BCUT2D eigenvalue weighted by Gasteiger charge is 2.20. The van der Waals surface area contributed by atoms with E-state index in [2.05, 4.69) is 24.1 Å². The molecule has 0 aliphatic carbocycles. The van der Waals surface area contributed by atoms with Crippen molar-refractivity contribution in [3.05, 3.63) is 29.8 Å². The minimum atomic E-state index is -0.0433. The number of benzene rings is 1. The predicted molar refractivity (Wildman–Crippen MR) is 95.5 cm³/mol. The summed E-state index contributed by atoms with van der Waals surface area (Å²) in [6.45, 7) is 8.13. The van der Waals surface area contributed by atoms with Crippen molar-refractivity contribution in [2.45, 2.75) is 38.6 Å². The molecule has 0 saturated carbocycles. The molecule has 134 valence electrons. The lowest BCUT2D eigenvalue weighted by atomic mass is 10.0. The van der Waals surface area contributed by atoms with Gasteiger partial charge in [0, 0.05) is 32.8 Å². The second kappa shape index (κ2) is 9.64. The van der Waals surface area contributed by atoms with Gasteiger partial charge in [0.15, 0.2) is 6.61 Å². The lowest BCUT2D eigenvalue weighted by Gasteiger charge is -2.32. The first-order valence-corrected chi connectivity index (χ1v) is 8.82. The number of nitrogens with one attached hydrogen (secondary N) is 1. The second-order valence-corrected chi connectivity index (χ2v) is 6.69. The minimum absolute atomic E-state index is 0.0433. The van der Waals surface area contributed by atoms with Crippen LogP contribution in [0.3, 0.4) is 0 Å². The Morgan fingerprint density at radius 2 is 1.92 bits per heavy atom. The molecule has 1 heterocycles. The Morgan fingerprint density at radius 3 is 2.50 bits per heavy atom. The van der Waals surface area contributed by atoms with Gasteiger partial charge in [-0.1, -0.05) is 26.0 Å². The summed E-state index contributed by atoms with van der Waals surface area (Å²) in [7, 11) is 1.73. The van der Waals surface area contributed by atoms with Gasteiger partial charge in [0.25, 0.3) is 5.91 Å². The normalized spacial score (nSPS) is 16.3. The van der Waals surface area contributed by atoms with E-state index in [0.29, 0.717) is 5.92 Å². The van der Waals surface area contributed by atoms with Crippen LogP contribution in [0.15, 0.2) is 24.3 Å². The van der Waals surface area contributed by atoms with Crippen molar-refractivity contribution in [1.82, 2.24) is 10.2 Å². The fourth-order valence-corrected chi connectivity index (χ4v) is 2.89. The number of carbonyl (C=O) groups is 1. The summed E-state index contributed by atoms with van der Waals surface area (Å²) in [5.74, 6) is 1.19. The molecule has 1 N–H and O–H groups in total. The van der Waals surface area contributed by atoms with Crippen LogP contribution in [0.2, 0.25) is 0 Å². The Hall–Kier alpha value is -1.59. The maximum Gasteiger partial charge on any atom is 0.258 e. The topological polar surface area (TPSA) is 50.8 Å². The summed E-state index contributed by atoms with van der Waals surface area (Å²) < 4.78 is 10.7. The Kier molecular flexibility index (Phi) is 7.53. The zero-order valence-electron chi connectivity index (χ0n) is 15.1. The van der Waals surface area contributed by atoms with E-state index in [-0.39, 0.29) is 18.6 Å². The van der Waals surface area contributed by atoms with Crippen molar-refractivity contribution in [3.63, 3.8) is 0 Å². The van der Waals surface area contributed by atoms with E-state index in [1.165, 1.54) is 5.56 Å². The largest absolute Gasteiger partial charge is 0.484 e. The van der Waals surface area contributed by atoms with Crippen LogP contribution in [-0.4, -0.2) is 56.8 Å². The van der Waals surface area contributed by atoms with E-state index in [1.807, 2.05) is 24.3 Å². The van der Waals surface area contributed by atoms with Crippen LogP contribution >= 0.6 is 0 Å². The molecule has 1 aliphatic rings. The first-order chi connectivity index (χ1) is 11.6. The van der Waals surface area contributed by atoms with Gasteiger partial charge in [-0.15, -0.1) is 0 Å². The monoisotopic (exact) mass is 334 g/mol. The van der Waals surface area contributed by atoms with Crippen molar-refractivity contribution in [1.29, 1.82) is 0 Å². The molecule has 1 fully saturated rings. The molecule has 0 bridgehead atoms. The Bertz CT molecular complexity index is 494. The molecular formula is C19H30N2O3. The molecule has 0 aromatic heterocycles. The van der Waals surface area contributed by atoms with Gasteiger partial charge in [-0.25, -0.2) is 0 Å². The molecule has 0 unspecified atom stereocenters. The molecule has 0 radical (unpaired) electrons. The van der Waals surface area contributed by atoms with Crippen LogP contribution in [-0.2, 0) is 9.53 Å². The fourth-order valence-electron chi connectivity index (χ4n) is 2.89. The molecule has 5 heteroatoms. The third-order valence-electron chi connectivity index (χ3n) is 4.48. The highest BCUT2D eigenvalue weighted by Crippen LogP contribution is 2.18. The van der Waals surface area contributed by atoms with Gasteiger partial charge < -0.3 is 19.7 Å². The lowest BCUT2D eigenvalue weighted by Crippen LogP contribution is -2.46. The van der Waals surface area contributed by atoms with E-state index in [1.54, 1.807) is 7.11 Å². The number of hydrogen-bond acceptors (Lipinski definition) is 4. The second-order valence-electron chi connectivity index (χ2n) is 6.69. The average molecular weight is 334 g/mol. The highest BCUT2D eigenvalue weighted by atomic mass is 16.5. The van der Waals surface area contributed by atoms with Crippen LogP contribution in [0.1, 0.15) is 38.2 Å². The summed E-state index contributed by atoms with van der Waals surface area (Å²) >= 11 is 0. The summed E-state index contributed by atoms with van der Waals surface area (Å²) in [4.78, 5) is 14.4. The van der Waals surface area contributed by atoms with Gasteiger partial charge in [0.2, 0.25) is 0 Å². The van der Waals surface area contributed by atoms with Crippen molar-refractivity contribution in [3.8, 4) is 5.75 Å². The maximum atomic E-state index is 12.0. The number of amides is 1. The van der Waals surface area contributed by atoms with E-state index in [9.17, 15) is 4.79 Å². The number of nitrogens with zero attached hydrogens (tertiary/aromatic N) is 1. The summed E-state index contributed by atoms with van der Waals surface area (Å²) in [6, 6.07) is 8.21. The fraction of sp³-hybridized carbons (Fsp3) is 0.632. The number of rotatable bonds is 8. The molecule has 1 amide bonds. The standard InChI is InChI=1S/C19H30N2O3/c1-15(2)16-4-6-18(7-5-16)24-14-19(22)20-17-8-10-21(11-9-17)12-13-23-3/h4-7,15,17H,8-14H2,1-3H3,(H,20,22). The molecule has 1 aliphatic heterocycles. The number of hydrogen-bond donors (Lipinski definition) is 1. The van der Waals surface area contributed by atoms with Gasteiger partial charge in [-0.2, -0.15) is 0 Å². The smallest absolute Gasteiger partial charge is 0.258 e. The van der Waals surface area contributed by atoms with Gasteiger partial charge in [0.1, 0.15) is 5.75 Å². The molecule has 24 heavy (non-hydrogen) atoms. The Labute approximate surface area is 145 Å². The predicted octanol–water partition coefficient (Wildman–Crippen LogP) is 2.42. The molecule has 1 saturated heterocycles. The number of likely N-dealkylation sites (tertiary alicyclic amines) is 1.